The lowest BCUT2D eigenvalue weighted by Crippen LogP contribution is -3.00. The fraction of sp³-hybridized carbons (Fsp3) is 0.571. The zero-order valence-electron chi connectivity index (χ0n) is 11.0. The van der Waals surface area contributed by atoms with Crippen LogP contribution in [0.3, 0.4) is 0 Å². The zero-order valence-corrected chi connectivity index (χ0v) is 11.7. The van der Waals surface area contributed by atoms with E-state index in [0.29, 0.717) is 0 Å². The first-order chi connectivity index (χ1) is 7.03. The Labute approximate surface area is 106 Å². The van der Waals surface area contributed by atoms with Gasteiger partial charge in [-0.3, -0.25) is 0 Å². The third-order valence-corrected chi connectivity index (χ3v) is 2.85. The van der Waals surface area contributed by atoms with Crippen LogP contribution in [0.1, 0.15) is 30.9 Å². The molecular weight excluding hydrogens is 218 g/mol. The monoisotopic (exact) mass is 241 g/mol. The molecule has 0 unspecified atom stereocenters. The first kappa shape index (κ1) is 15.5. The van der Waals surface area contributed by atoms with Gasteiger partial charge in [-0.2, -0.15) is 0 Å². The van der Waals surface area contributed by atoms with Crippen LogP contribution in [0.2, 0.25) is 0 Å². The van der Waals surface area contributed by atoms with Crippen LogP contribution in [-0.4, -0.2) is 25.1 Å². The van der Waals surface area contributed by atoms with Crippen molar-refractivity contribution >= 4 is 0 Å². The van der Waals surface area contributed by atoms with Crippen molar-refractivity contribution in [2.45, 2.75) is 33.2 Å². The molecule has 0 heterocycles. The SMILES string of the molecule is CCCC[N+](C)(C)Cc1ccc(C)cc1.[Cl-]. The highest BCUT2D eigenvalue weighted by Gasteiger charge is 2.14. The van der Waals surface area contributed by atoms with Gasteiger partial charge in [-0.05, 0) is 13.3 Å². The molecule has 1 aromatic rings. The zero-order chi connectivity index (χ0) is 11.3. The molecule has 0 spiro atoms. The lowest BCUT2D eigenvalue weighted by atomic mass is 10.1. The summed E-state index contributed by atoms with van der Waals surface area (Å²) in [6, 6.07) is 8.91. The molecule has 1 rings (SSSR count). The molecule has 0 aromatic heterocycles. The summed E-state index contributed by atoms with van der Waals surface area (Å²) in [4.78, 5) is 0. The maximum absolute atomic E-state index is 2.31. The van der Waals surface area contributed by atoms with Crippen LogP contribution in [0, 0.1) is 6.92 Å². The molecule has 0 atom stereocenters. The number of rotatable bonds is 5. The van der Waals surface area contributed by atoms with Gasteiger partial charge in [0.05, 0.1) is 20.6 Å². The summed E-state index contributed by atoms with van der Waals surface area (Å²) in [5.41, 5.74) is 2.79. The molecule has 0 N–H and O–H groups in total. The average molecular weight is 242 g/mol. The van der Waals surface area contributed by atoms with Crippen LogP contribution < -0.4 is 12.4 Å². The summed E-state index contributed by atoms with van der Waals surface area (Å²) in [6.45, 7) is 6.80. The standard InChI is InChI=1S/C14H24N.ClH/c1-5-6-11-15(3,4)12-14-9-7-13(2)8-10-14;/h7-10H,5-6,11-12H2,1-4H3;1H/q+1;/p-1. The second-order valence-corrected chi connectivity index (χ2v) is 5.16. The van der Waals surface area contributed by atoms with E-state index in [2.05, 4.69) is 52.2 Å². The lowest BCUT2D eigenvalue weighted by Gasteiger charge is -2.29. The van der Waals surface area contributed by atoms with Crippen LogP contribution in [0.4, 0.5) is 0 Å². The number of nitrogens with zero attached hydrogens (tertiary/aromatic N) is 1. The smallest absolute Gasteiger partial charge is 0.104 e. The van der Waals surface area contributed by atoms with Crippen molar-refractivity contribution in [2.75, 3.05) is 20.6 Å². The third-order valence-electron chi connectivity index (χ3n) is 2.85. The van der Waals surface area contributed by atoms with E-state index in [9.17, 15) is 0 Å². The predicted octanol–water partition coefficient (Wildman–Crippen LogP) is 0.376. The van der Waals surface area contributed by atoms with Gasteiger partial charge in [0.1, 0.15) is 6.54 Å². The van der Waals surface area contributed by atoms with E-state index in [1.165, 1.54) is 30.5 Å². The van der Waals surface area contributed by atoms with Crippen molar-refractivity contribution < 1.29 is 16.9 Å². The largest absolute Gasteiger partial charge is 1.00 e. The lowest BCUT2D eigenvalue weighted by molar-refractivity contribution is -0.903. The molecule has 0 bridgehead atoms. The fourth-order valence-corrected chi connectivity index (χ4v) is 1.85. The number of hydrogen-bond acceptors (Lipinski definition) is 0. The molecule has 0 fully saturated rings. The predicted molar refractivity (Wildman–Crippen MR) is 66.8 cm³/mol. The Morgan fingerprint density at radius 1 is 1.06 bits per heavy atom. The van der Waals surface area contributed by atoms with E-state index >= 15 is 0 Å². The van der Waals surface area contributed by atoms with Crippen LogP contribution in [0.25, 0.3) is 0 Å². The number of unbranched alkanes of at least 4 members (excludes halogenated alkanes) is 1. The minimum atomic E-state index is 0. The number of aryl methyl sites for hydroxylation is 1. The van der Waals surface area contributed by atoms with Crippen molar-refractivity contribution in [1.29, 1.82) is 0 Å². The van der Waals surface area contributed by atoms with Gasteiger partial charge in [-0.15, -0.1) is 0 Å². The summed E-state index contributed by atoms with van der Waals surface area (Å²) in [5, 5.41) is 0. The molecule has 0 radical (unpaired) electrons. The Kier molecular flexibility index (Phi) is 6.70. The van der Waals surface area contributed by atoms with Gasteiger partial charge in [0.25, 0.3) is 0 Å². The highest BCUT2D eigenvalue weighted by molar-refractivity contribution is 5.20. The van der Waals surface area contributed by atoms with E-state index in [4.69, 9.17) is 0 Å². The summed E-state index contributed by atoms with van der Waals surface area (Å²) in [6.07, 6.45) is 2.61. The van der Waals surface area contributed by atoms with Crippen molar-refractivity contribution in [3.05, 3.63) is 35.4 Å². The van der Waals surface area contributed by atoms with Crippen molar-refractivity contribution in [1.82, 2.24) is 0 Å². The highest BCUT2D eigenvalue weighted by Crippen LogP contribution is 2.11. The van der Waals surface area contributed by atoms with Gasteiger partial charge in [0.2, 0.25) is 0 Å². The second-order valence-electron chi connectivity index (χ2n) is 5.16. The van der Waals surface area contributed by atoms with Gasteiger partial charge in [-0.1, -0.05) is 43.2 Å². The van der Waals surface area contributed by atoms with Gasteiger partial charge in [0.15, 0.2) is 0 Å². The summed E-state index contributed by atoms with van der Waals surface area (Å²) < 4.78 is 1.09. The normalized spacial score (nSPS) is 11.0. The molecule has 1 aromatic carbocycles. The van der Waals surface area contributed by atoms with Crippen LogP contribution in [0.5, 0.6) is 0 Å². The highest BCUT2D eigenvalue weighted by atomic mass is 35.5. The third kappa shape index (κ3) is 5.53. The Morgan fingerprint density at radius 2 is 1.62 bits per heavy atom. The van der Waals surface area contributed by atoms with Crippen molar-refractivity contribution in [2.24, 2.45) is 0 Å². The molecule has 0 saturated carbocycles. The maximum atomic E-state index is 2.31. The van der Waals surface area contributed by atoms with Crippen LogP contribution in [-0.2, 0) is 6.54 Å². The number of hydrogen-bond donors (Lipinski definition) is 0. The van der Waals surface area contributed by atoms with Crippen LogP contribution in [0.15, 0.2) is 24.3 Å². The first-order valence-corrected chi connectivity index (χ1v) is 5.91. The minimum absolute atomic E-state index is 0. The maximum Gasteiger partial charge on any atom is 0.104 e. The van der Waals surface area contributed by atoms with Gasteiger partial charge in [0, 0.05) is 5.56 Å². The molecule has 0 aliphatic carbocycles. The molecule has 0 saturated heterocycles. The molecule has 92 valence electrons. The van der Waals surface area contributed by atoms with Gasteiger partial charge < -0.3 is 16.9 Å². The average Bonchev–Trinajstić information content (AvgIpc) is 2.18. The van der Waals surface area contributed by atoms with Crippen LogP contribution >= 0.6 is 0 Å². The van der Waals surface area contributed by atoms with E-state index < -0.39 is 0 Å². The van der Waals surface area contributed by atoms with E-state index in [1.807, 2.05) is 0 Å². The van der Waals surface area contributed by atoms with E-state index in [0.717, 1.165) is 11.0 Å². The van der Waals surface area contributed by atoms with Crippen molar-refractivity contribution in [3.63, 3.8) is 0 Å². The Bertz CT molecular complexity index is 290. The molecule has 16 heavy (non-hydrogen) atoms. The van der Waals surface area contributed by atoms with Gasteiger partial charge >= 0.3 is 0 Å². The quantitative estimate of drug-likeness (QED) is 0.654. The Balaban J connectivity index is 0.00000225. The second kappa shape index (κ2) is 6.93. The summed E-state index contributed by atoms with van der Waals surface area (Å²) >= 11 is 0. The number of benzene rings is 1. The molecule has 2 heteroatoms. The van der Waals surface area contributed by atoms with Crippen molar-refractivity contribution in [3.8, 4) is 0 Å². The summed E-state index contributed by atoms with van der Waals surface area (Å²) in [7, 11) is 4.63. The molecule has 0 aliphatic rings. The van der Waals surface area contributed by atoms with E-state index in [1.54, 1.807) is 0 Å². The van der Waals surface area contributed by atoms with Gasteiger partial charge in [-0.25, -0.2) is 0 Å². The summed E-state index contributed by atoms with van der Waals surface area (Å²) in [5.74, 6) is 0. The van der Waals surface area contributed by atoms with E-state index in [-0.39, 0.29) is 12.4 Å². The molecule has 0 amide bonds. The molecule has 0 aliphatic heterocycles. The molecule has 1 nitrogen and oxygen atoms in total. The Hall–Kier alpha value is -0.530. The number of halogens is 1. The fourth-order valence-electron chi connectivity index (χ4n) is 1.85. The number of quaternary nitrogens is 1. The first-order valence-electron chi connectivity index (χ1n) is 5.91. The topological polar surface area (TPSA) is 0 Å². The minimum Gasteiger partial charge on any atom is -1.00 e. The Morgan fingerprint density at radius 3 is 2.12 bits per heavy atom. The molecular formula is C14H24ClN.